The second kappa shape index (κ2) is 11.6. The lowest BCUT2D eigenvalue weighted by Gasteiger charge is -2.18. The zero-order valence-electron chi connectivity index (χ0n) is 22.4. The Labute approximate surface area is 215 Å². The van der Waals surface area contributed by atoms with E-state index >= 15 is 0 Å². The first kappa shape index (κ1) is 25.8. The van der Waals surface area contributed by atoms with Gasteiger partial charge < -0.3 is 0 Å². The van der Waals surface area contributed by atoms with Crippen LogP contribution in [0.25, 0.3) is 23.0 Å². The number of dihydropyridines is 1. The number of rotatable bonds is 9. The van der Waals surface area contributed by atoms with Crippen LogP contribution < -0.4 is 0 Å². The maximum Gasteiger partial charge on any atom is 0.182 e. The van der Waals surface area contributed by atoms with Crippen molar-refractivity contribution >= 4 is 6.21 Å². The Kier molecular flexibility index (Phi) is 8.34. The molecule has 0 amide bonds. The topological polar surface area (TPSA) is 76.8 Å². The lowest BCUT2D eigenvalue weighted by Crippen LogP contribution is -2.12. The minimum absolute atomic E-state index is 0.142. The standard InChI is InChI=1S/C30H38N6/c1-7-19(4)22-10-13-25(31-16-22)28-34-29(26-14-11-23(17-32-26)20(5)8-2)36-30(35-28)27-15-12-24(18-33-27)21(6)9-3/h10-14,16-21,27H,7-9,15H2,1-6H3. The van der Waals surface area contributed by atoms with Crippen molar-refractivity contribution in [2.75, 3.05) is 0 Å². The number of pyridine rings is 2. The fraction of sp³-hybridized carbons (Fsp3) is 0.467. The highest BCUT2D eigenvalue weighted by Crippen LogP contribution is 2.29. The van der Waals surface area contributed by atoms with Crippen LogP contribution >= 0.6 is 0 Å². The monoisotopic (exact) mass is 482 g/mol. The predicted molar refractivity (Wildman–Crippen MR) is 147 cm³/mol. The molecule has 0 radical (unpaired) electrons. The highest BCUT2D eigenvalue weighted by molar-refractivity contribution is 5.80. The van der Waals surface area contributed by atoms with Crippen molar-refractivity contribution < 1.29 is 0 Å². The van der Waals surface area contributed by atoms with Crippen LogP contribution in [0.3, 0.4) is 0 Å². The third-order valence-corrected chi connectivity index (χ3v) is 7.51. The summed E-state index contributed by atoms with van der Waals surface area (Å²) in [5, 5.41) is 0. The molecule has 0 saturated heterocycles. The third-order valence-electron chi connectivity index (χ3n) is 7.51. The van der Waals surface area contributed by atoms with Gasteiger partial charge in [-0.1, -0.05) is 59.8 Å². The quantitative estimate of drug-likeness (QED) is 0.315. The van der Waals surface area contributed by atoms with E-state index in [0.717, 1.165) is 37.1 Å². The number of allylic oxidation sites excluding steroid dienone is 1. The molecule has 6 nitrogen and oxygen atoms in total. The van der Waals surface area contributed by atoms with Crippen LogP contribution in [0, 0.1) is 5.92 Å². The van der Waals surface area contributed by atoms with Crippen LogP contribution in [0.5, 0.6) is 0 Å². The molecular weight excluding hydrogens is 444 g/mol. The summed E-state index contributed by atoms with van der Waals surface area (Å²) in [4.78, 5) is 28.7. The summed E-state index contributed by atoms with van der Waals surface area (Å²) < 4.78 is 0. The van der Waals surface area contributed by atoms with Crippen LogP contribution in [0.2, 0.25) is 0 Å². The molecule has 0 bridgehead atoms. The smallest absolute Gasteiger partial charge is 0.182 e. The molecule has 4 heterocycles. The zero-order valence-corrected chi connectivity index (χ0v) is 22.4. The third kappa shape index (κ3) is 5.75. The number of hydrogen-bond donors (Lipinski definition) is 0. The molecule has 1 aliphatic heterocycles. The molecular formula is C30H38N6. The molecule has 0 N–H and O–H groups in total. The van der Waals surface area contributed by atoms with Gasteiger partial charge in [0.05, 0.1) is 0 Å². The average Bonchev–Trinajstić information content (AvgIpc) is 2.95. The second-order valence-electron chi connectivity index (χ2n) is 9.96. The van der Waals surface area contributed by atoms with Crippen molar-refractivity contribution in [3.63, 3.8) is 0 Å². The van der Waals surface area contributed by atoms with E-state index in [4.69, 9.17) is 29.9 Å². The van der Waals surface area contributed by atoms with Crippen LogP contribution in [0.1, 0.15) is 102 Å². The van der Waals surface area contributed by atoms with Gasteiger partial charge in [0.15, 0.2) is 17.5 Å². The highest BCUT2D eigenvalue weighted by atomic mass is 15.1. The van der Waals surface area contributed by atoms with Gasteiger partial charge in [-0.3, -0.25) is 15.0 Å². The Balaban J connectivity index is 1.72. The Morgan fingerprint density at radius 3 is 1.64 bits per heavy atom. The van der Waals surface area contributed by atoms with Gasteiger partial charge in [0.1, 0.15) is 17.4 Å². The Hall–Kier alpha value is -3.28. The maximum atomic E-state index is 4.84. The van der Waals surface area contributed by atoms with Crippen LogP contribution in [0.4, 0.5) is 0 Å². The van der Waals surface area contributed by atoms with Gasteiger partial charge in [-0.2, -0.15) is 0 Å². The summed E-state index contributed by atoms with van der Waals surface area (Å²) in [6.45, 7) is 13.2. The van der Waals surface area contributed by atoms with Gasteiger partial charge >= 0.3 is 0 Å². The van der Waals surface area contributed by atoms with Crippen molar-refractivity contribution in [3.8, 4) is 23.0 Å². The molecule has 0 saturated carbocycles. The summed E-state index contributed by atoms with van der Waals surface area (Å²) in [7, 11) is 0. The number of aromatic nitrogens is 5. The van der Waals surface area contributed by atoms with Crippen molar-refractivity contribution in [1.82, 2.24) is 24.9 Å². The molecule has 4 unspecified atom stereocenters. The Bertz CT molecular complexity index is 1140. The maximum absolute atomic E-state index is 4.84. The summed E-state index contributed by atoms with van der Waals surface area (Å²) in [6, 6.07) is 8.12. The second-order valence-corrected chi connectivity index (χ2v) is 9.96. The normalized spacial score (nSPS) is 17.9. The first-order valence-corrected chi connectivity index (χ1v) is 13.3. The molecule has 3 aromatic rings. The molecule has 4 atom stereocenters. The van der Waals surface area contributed by atoms with Gasteiger partial charge in [-0.15, -0.1) is 0 Å². The lowest BCUT2D eigenvalue weighted by atomic mass is 9.95. The van der Waals surface area contributed by atoms with Gasteiger partial charge in [-0.05, 0) is 72.3 Å². The van der Waals surface area contributed by atoms with E-state index in [2.05, 4.69) is 59.8 Å². The van der Waals surface area contributed by atoms with Crippen molar-refractivity contribution in [3.05, 3.63) is 65.3 Å². The van der Waals surface area contributed by atoms with Crippen molar-refractivity contribution in [2.45, 2.75) is 85.1 Å². The fourth-order valence-corrected chi connectivity index (χ4v) is 4.17. The summed E-state index contributed by atoms with van der Waals surface area (Å²) in [5.41, 5.74) is 5.20. The molecule has 0 spiro atoms. The summed E-state index contributed by atoms with van der Waals surface area (Å²) in [6.07, 6.45) is 12.2. The molecule has 188 valence electrons. The lowest BCUT2D eigenvalue weighted by molar-refractivity contribution is 0.635. The summed E-state index contributed by atoms with van der Waals surface area (Å²) in [5.74, 6) is 3.21. The Morgan fingerprint density at radius 2 is 1.25 bits per heavy atom. The zero-order chi connectivity index (χ0) is 25.7. The van der Waals surface area contributed by atoms with E-state index in [1.807, 2.05) is 30.7 Å². The van der Waals surface area contributed by atoms with Crippen molar-refractivity contribution in [1.29, 1.82) is 0 Å². The van der Waals surface area contributed by atoms with Gasteiger partial charge in [0, 0.05) is 18.6 Å². The van der Waals surface area contributed by atoms with Crippen LogP contribution in [-0.4, -0.2) is 31.1 Å². The molecule has 0 fully saturated rings. The van der Waals surface area contributed by atoms with E-state index in [9.17, 15) is 0 Å². The molecule has 1 aliphatic rings. The first-order valence-electron chi connectivity index (χ1n) is 13.3. The molecule has 6 heteroatoms. The van der Waals surface area contributed by atoms with E-state index in [-0.39, 0.29) is 6.04 Å². The van der Waals surface area contributed by atoms with E-state index in [0.29, 0.717) is 35.2 Å². The minimum Gasteiger partial charge on any atom is -0.281 e. The van der Waals surface area contributed by atoms with E-state index in [1.54, 1.807) is 0 Å². The van der Waals surface area contributed by atoms with Crippen LogP contribution in [-0.2, 0) is 0 Å². The number of hydrogen-bond acceptors (Lipinski definition) is 6. The SMILES string of the molecule is CCC(C)C1=CCC(c2nc(-c3ccc(C(C)CC)cn3)nc(-c3ccc(C(C)CC)cn3)n2)N=C1. The molecule has 0 aliphatic carbocycles. The molecule has 36 heavy (non-hydrogen) atoms. The molecule has 3 aromatic heterocycles. The van der Waals surface area contributed by atoms with E-state index in [1.165, 1.54) is 16.7 Å². The van der Waals surface area contributed by atoms with Crippen molar-refractivity contribution in [2.24, 2.45) is 10.9 Å². The predicted octanol–water partition coefficient (Wildman–Crippen LogP) is 7.51. The van der Waals surface area contributed by atoms with E-state index < -0.39 is 0 Å². The van der Waals surface area contributed by atoms with Crippen LogP contribution in [0.15, 0.2) is 53.3 Å². The first-order chi connectivity index (χ1) is 17.4. The highest BCUT2D eigenvalue weighted by Gasteiger charge is 2.21. The fourth-order valence-electron chi connectivity index (χ4n) is 4.17. The van der Waals surface area contributed by atoms with Gasteiger partial charge in [0.25, 0.3) is 0 Å². The van der Waals surface area contributed by atoms with Gasteiger partial charge in [-0.25, -0.2) is 15.0 Å². The molecule has 4 rings (SSSR count). The minimum atomic E-state index is -0.142. The molecule has 0 aromatic carbocycles. The Morgan fingerprint density at radius 1 is 0.722 bits per heavy atom. The summed E-state index contributed by atoms with van der Waals surface area (Å²) >= 11 is 0. The van der Waals surface area contributed by atoms with Gasteiger partial charge in [0.2, 0.25) is 0 Å². The number of nitrogens with zero attached hydrogens (tertiary/aromatic N) is 6. The largest absolute Gasteiger partial charge is 0.281 e. The average molecular weight is 483 g/mol. The number of aliphatic imine (C=N–C) groups is 1.